The van der Waals surface area contributed by atoms with Crippen LogP contribution in [0, 0.1) is 6.92 Å². The van der Waals surface area contributed by atoms with Crippen molar-refractivity contribution in [2.75, 3.05) is 4.72 Å². The molecule has 4 rings (SSSR count). The predicted octanol–water partition coefficient (Wildman–Crippen LogP) is 3.44. The highest BCUT2D eigenvalue weighted by atomic mass is 32.2. The highest BCUT2D eigenvalue weighted by molar-refractivity contribution is 7.92. The molecule has 2 aromatic carbocycles. The van der Waals surface area contributed by atoms with Crippen LogP contribution in [0.4, 0.5) is 5.69 Å². The number of aromatic nitrogens is 2. The number of benzene rings is 2. The number of sulfonamides is 1. The summed E-state index contributed by atoms with van der Waals surface area (Å²) in [5, 5.41) is 1.78. The van der Waals surface area contributed by atoms with Crippen LogP contribution in [0.15, 0.2) is 75.9 Å². The lowest BCUT2D eigenvalue weighted by molar-refractivity contribution is 0.303. The minimum atomic E-state index is -3.76. The zero-order chi connectivity index (χ0) is 20.4. The van der Waals surface area contributed by atoms with Crippen molar-refractivity contribution >= 4 is 32.0 Å². The van der Waals surface area contributed by atoms with E-state index in [1.54, 1.807) is 41.9 Å². The van der Waals surface area contributed by atoms with Crippen LogP contribution in [0.5, 0.6) is 5.75 Å². The average Bonchev–Trinajstić information content (AvgIpc) is 3.17. The van der Waals surface area contributed by atoms with Gasteiger partial charge in [0.25, 0.3) is 15.6 Å². The molecule has 29 heavy (non-hydrogen) atoms. The summed E-state index contributed by atoms with van der Waals surface area (Å²) in [4.78, 5) is 17.2. The van der Waals surface area contributed by atoms with E-state index in [0.29, 0.717) is 22.1 Å². The summed E-state index contributed by atoms with van der Waals surface area (Å²) in [6.45, 7) is 1.89. The normalized spacial score (nSPS) is 11.5. The number of ether oxygens (including phenoxy) is 1. The Labute approximate surface area is 171 Å². The van der Waals surface area contributed by atoms with E-state index < -0.39 is 10.0 Å². The molecule has 7 nitrogen and oxygen atoms in total. The largest absolute Gasteiger partial charge is 0.485 e. The number of hydrogen-bond donors (Lipinski definition) is 1. The lowest BCUT2D eigenvalue weighted by Crippen LogP contribution is -2.15. The van der Waals surface area contributed by atoms with Crippen LogP contribution in [-0.4, -0.2) is 17.8 Å². The van der Waals surface area contributed by atoms with E-state index in [0.717, 1.165) is 5.56 Å². The van der Waals surface area contributed by atoms with Crippen molar-refractivity contribution < 1.29 is 13.2 Å². The van der Waals surface area contributed by atoms with Crippen LogP contribution in [-0.2, 0) is 16.6 Å². The Kier molecular flexibility index (Phi) is 5.08. The van der Waals surface area contributed by atoms with Gasteiger partial charge in [-0.25, -0.2) is 13.4 Å². The molecule has 4 aromatic rings. The van der Waals surface area contributed by atoms with Crippen molar-refractivity contribution in [3.8, 4) is 5.75 Å². The van der Waals surface area contributed by atoms with Crippen LogP contribution < -0.4 is 15.0 Å². The number of thiazole rings is 1. The van der Waals surface area contributed by atoms with Gasteiger partial charge in [-0.1, -0.05) is 24.3 Å². The molecule has 0 aliphatic carbocycles. The SMILES string of the molecule is Cc1ccc(OCc2cc(=O)n3ccsc3n2)c(NS(=O)(=O)c2ccccc2)c1. The third-order valence-corrected chi connectivity index (χ3v) is 6.30. The number of nitrogens with zero attached hydrogens (tertiary/aromatic N) is 2. The first-order chi connectivity index (χ1) is 13.9. The molecule has 0 bridgehead atoms. The van der Waals surface area contributed by atoms with E-state index in [1.165, 1.54) is 33.9 Å². The number of hydrogen-bond acceptors (Lipinski definition) is 6. The number of anilines is 1. The maximum Gasteiger partial charge on any atom is 0.262 e. The molecule has 1 N–H and O–H groups in total. The Hall–Kier alpha value is -3.17. The van der Waals surface area contributed by atoms with Crippen molar-refractivity contribution in [1.29, 1.82) is 0 Å². The maximum absolute atomic E-state index is 12.7. The van der Waals surface area contributed by atoms with Gasteiger partial charge in [0, 0.05) is 17.6 Å². The molecule has 0 saturated heterocycles. The maximum atomic E-state index is 12.7. The highest BCUT2D eigenvalue weighted by Gasteiger charge is 2.17. The molecule has 0 spiro atoms. The first kappa shape index (κ1) is 19.2. The van der Waals surface area contributed by atoms with Crippen LogP contribution >= 0.6 is 11.3 Å². The molecule has 0 saturated carbocycles. The Morgan fingerprint density at radius 1 is 1.14 bits per heavy atom. The summed E-state index contributed by atoms with van der Waals surface area (Å²) in [5.74, 6) is 0.350. The summed E-state index contributed by atoms with van der Waals surface area (Å²) in [7, 11) is -3.76. The summed E-state index contributed by atoms with van der Waals surface area (Å²) in [5.41, 5.74) is 1.47. The van der Waals surface area contributed by atoms with E-state index in [4.69, 9.17) is 4.74 Å². The molecule has 148 valence electrons. The molecule has 0 atom stereocenters. The minimum Gasteiger partial charge on any atom is -0.485 e. The number of nitrogens with one attached hydrogen (secondary N) is 1. The first-order valence-corrected chi connectivity index (χ1v) is 11.1. The molecular formula is C20H17N3O4S2. The molecule has 0 amide bonds. The summed E-state index contributed by atoms with van der Waals surface area (Å²) >= 11 is 1.35. The third-order valence-electron chi connectivity index (χ3n) is 4.16. The second kappa shape index (κ2) is 7.69. The van der Waals surface area contributed by atoms with E-state index in [2.05, 4.69) is 9.71 Å². The number of fused-ring (bicyclic) bond motifs is 1. The van der Waals surface area contributed by atoms with Crippen molar-refractivity contribution in [2.45, 2.75) is 18.4 Å². The molecule has 0 radical (unpaired) electrons. The Balaban J connectivity index is 1.60. The Bertz CT molecular complexity index is 1330. The fourth-order valence-electron chi connectivity index (χ4n) is 2.77. The Morgan fingerprint density at radius 2 is 1.93 bits per heavy atom. The lowest BCUT2D eigenvalue weighted by atomic mass is 10.2. The van der Waals surface area contributed by atoms with Gasteiger partial charge in [-0.05, 0) is 36.8 Å². The summed E-state index contributed by atoms with van der Waals surface area (Å²) < 4.78 is 35.2. The van der Waals surface area contributed by atoms with Crippen molar-refractivity contribution in [1.82, 2.24) is 9.38 Å². The lowest BCUT2D eigenvalue weighted by Gasteiger charge is -2.14. The highest BCUT2D eigenvalue weighted by Crippen LogP contribution is 2.29. The topological polar surface area (TPSA) is 89.8 Å². The average molecular weight is 428 g/mol. The van der Waals surface area contributed by atoms with Gasteiger partial charge in [-0.15, -0.1) is 11.3 Å². The van der Waals surface area contributed by atoms with Gasteiger partial charge in [0.1, 0.15) is 12.4 Å². The van der Waals surface area contributed by atoms with Gasteiger partial charge in [0.15, 0.2) is 4.96 Å². The zero-order valence-electron chi connectivity index (χ0n) is 15.4. The van der Waals surface area contributed by atoms with Gasteiger partial charge in [0.05, 0.1) is 16.3 Å². The molecule has 9 heteroatoms. The van der Waals surface area contributed by atoms with Crippen molar-refractivity contribution in [3.63, 3.8) is 0 Å². The van der Waals surface area contributed by atoms with E-state index in [9.17, 15) is 13.2 Å². The van der Waals surface area contributed by atoms with Crippen LogP contribution in [0.2, 0.25) is 0 Å². The quantitative estimate of drug-likeness (QED) is 0.509. The molecule has 0 unspecified atom stereocenters. The second-order valence-electron chi connectivity index (χ2n) is 6.35. The fraction of sp³-hybridized carbons (Fsp3) is 0.100. The summed E-state index contributed by atoms with van der Waals surface area (Å²) in [6, 6.07) is 14.7. The van der Waals surface area contributed by atoms with E-state index >= 15 is 0 Å². The molecule has 0 aliphatic heterocycles. The summed E-state index contributed by atoms with van der Waals surface area (Å²) in [6.07, 6.45) is 1.66. The van der Waals surface area contributed by atoms with Crippen molar-refractivity contribution in [3.05, 3.63) is 87.8 Å². The van der Waals surface area contributed by atoms with Gasteiger partial charge in [-0.3, -0.25) is 13.9 Å². The van der Waals surface area contributed by atoms with Gasteiger partial charge in [-0.2, -0.15) is 0 Å². The molecular weight excluding hydrogens is 410 g/mol. The van der Waals surface area contributed by atoms with Crippen LogP contribution in [0.1, 0.15) is 11.3 Å². The first-order valence-electron chi connectivity index (χ1n) is 8.69. The van der Waals surface area contributed by atoms with Crippen LogP contribution in [0.25, 0.3) is 4.96 Å². The fourth-order valence-corrected chi connectivity index (χ4v) is 4.59. The van der Waals surface area contributed by atoms with E-state index in [1.807, 2.05) is 13.0 Å². The molecule has 0 aliphatic rings. The van der Waals surface area contributed by atoms with Crippen LogP contribution in [0.3, 0.4) is 0 Å². The third kappa shape index (κ3) is 4.15. The molecule has 2 heterocycles. The zero-order valence-corrected chi connectivity index (χ0v) is 17.0. The van der Waals surface area contributed by atoms with E-state index in [-0.39, 0.29) is 17.1 Å². The standard InChI is InChI=1S/C20H17N3O4S2/c1-14-7-8-18(17(11-14)22-29(25,26)16-5-3-2-4-6-16)27-13-15-12-19(24)23-9-10-28-20(23)21-15/h2-12,22H,13H2,1H3. The molecule has 2 aromatic heterocycles. The number of aryl methyl sites for hydroxylation is 1. The van der Waals surface area contributed by atoms with Gasteiger partial charge < -0.3 is 4.74 Å². The van der Waals surface area contributed by atoms with Crippen molar-refractivity contribution in [2.24, 2.45) is 0 Å². The number of rotatable bonds is 6. The second-order valence-corrected chi connectivity index (χ2v) is 8.90. The predicted molar refractivity (Wildman–Crippen MR) is 112 cm³/mol. The minimum absolute atomic E-state index is 0.0345. The Morgan fingerprint density at radius 3 is 2.72 bits per heavy atom. The smallest absolute Gasteiger partial charge is 0.262 e. The van der Waals surface area contributed by atoms with Gasteiger partial charge >= 0.3 is 0 Å². The monoisotopic (exact) mass is 427 g/mol. The molecule has 0 fully saturated rings. The van der Waals surface area contributed by atoms with Gasteiger partial charge in [0.2, 0.25) is 0 Å².